The van der Waals surface area contributed by atoms with E-state index in [1.165, 1.54) is 0 Å². The molecule has 1 saturated heterocycles. The van der Waals surface area contributed by atoms with Crippen molar-refractivity contribution < 1.29 is 9.66 Å². The molecule has 6 heteroatoms. The Morgan fingerprint density at radius 3 is 3.05 bits per heavy atom. The average molecular weight is 279 g/mol. The lowest BCUT2D eigenvalue weighted by Gasteiger charge is -2.24. The van der Waals surface area contributed by atoms with Gasteiger partial charge in [0, 0.05) is 12.6 Å². The number of para-hydroxylation sites is 1. The number of piperidine rings is 1. The Hall–Kier alpha value is -1.82. The number of ether oxygens (including phenoxy) is 1. The monoisotopic (exact) mass is 279 g/mol. The lowest BCUT2D eigenvalue weighted by Crippen LogP contribution is -2.38. The first-order valence-corrected chi connectivity index (χ1v) is 7.09. The predicted octanol–water partition coefficient (Wildman–Crippen LogP) is 2.55. The van der Waals surface area contributed by atoms with Crippen molar-refractivity contribution in [3.05, 3.63) is 28.3 Å². The number of rotatable bonds is 6. The summed E-state index contributed by atoms with van der Waals surface area (Å²) in [5, 5.41) is 17.9. The van der Waals surface area contributed by atoms with Crippen molar-refractivity contribution in [3.63, 3.8) is 0 Å². The zero-order valence-corrected chi connectivity index (χ0v) is 11.7. The van der Waals surface area contributed by atoms with Gasteiger partial charge < -0.3 is 15.4 Å². The third kappa shape index (κ3) is 3.60. The van der Waals surface area contributed by atoms with Gasteiger partial charge in [-0.05, 0) is 37.9 Å². The van der Waals surface area contributed by atoms with Crippen molar-refractivity contribution in [2.45, 2.75) is 32.2 Å². The normalized spacial score (nSPS) is 18.6. The van der Waals surface area contributed by atoms with Gasteiger partial charge in [-0.3, -0.25) is 10.1 Å². The molecule has 0 spiro atoms. The number of nitro benzene ring substituents is 1. The van der Waals surface area contributed by atoms with Gasteiger partial charge in [-0.2, -0.15) is 0 Å². The fourth-order valence-electron chi connectivity index (χ4n) is 2.35. The second-order valence-electron chi connectivity index (χ2n) is 4.95. The summed E-state index contributed by atoms with van der Waals surface area (Å²) >= 11 is 0. The molecule has 1 atom stereocenters. The first kappa shape index (κ1) is 14.6. The first-order valence-electron chi connectivity index (χ1n) is 7.09. The van der Waals surface area contributed by atoms with Crippen LogP contribution in [0.25, 0.3) is 0 Å². The molecule has 1 aliphatic heterocycles. The van der Waals surface area contributed by atoms with E-state index >= 15 is 0 Å². The number of nitro groups is 1. The molecule has 0 radical (unpaired) electrons. The van der Waals surface area contributed by atoms with Gasteiger partial charge in [-0.1, -0.05) is 13.0 Å². The Morgan fingerprint density at radius 2 is 2.40 bits per heavy atom. The fraction of sp³-hybridized carbons (Fsp3) is 0.571. The van der Waals surface area contributed by atoms with Crippen LogP contribution in [0.4, 0.5) is 11.4 Å². The van der Waals surface area contributed by atoms with Crippen LogP contribution < -0.4 is 15.4 Å². The third-order valence-electron chi connectivity index (χ3n) is 3.30. The molecular weight excluding hydrogens is 258 g/mol. The Balaban J connectivity index is 2.19. The van der Waals surface area contributed by atoms with E-state index < -0.39 is 0 Å². The molecule has 2 rings (SSSR count). The van der Waals surface area contributed by atoms with Crippen molar-refractivity contribution in [1.82, 2.24) is 5.32 Å². The average Bonchev–Trinajstić information content (AvgIpc) is 2.46. The molecule has 1 unspecified atom stereocenters. The van der Waals surface area contributed by atoms with Gasteiger partial charge in [-0.15, -0.1) is 0 Å². The Bertz CT molecular complexity index is 459. The third-order valence-corrected chi connectivity index (χ3v) is 3.30. The van der Waals surface area contributed by atoms with Crippen LogP contribution in [-0.2, 0) is 0 Å². The first-order chi connectivity index (χ1) is 9.72. The van der Waals surface area contributed by atoms with Crippen molar-refractivity contribution in [3.8, 4) is 5.75 Å². The van der Waals surface area contributed by atoms with Crippen molar-refractivity contribution in [2.75, 3.05) is 25.0 Å². The smallest absolute Gasteiger partial charge is 0.333 e. The predicted molar refractivity (Wildman–Crippen MR) is 78.4 cm³/mol. The standard InChI is InChI=1S/C14H21N3O3/c1-2-9-20-13-7-3-6-12(14(13)17(18)19)16-11-5-4-8-15-10-11/h3,6-7,11,15-16H,2,4-5,8-10H2,1H3. The summed E-state index contributed by atoms with van der Waals surface area (Å²) in [6.45, 7) is 4.30. The molecule has 0 aliphatic carbocycles. The molecule has 0 aromatic heterocycles. The van der Waals surface area contributed by atoms with Crippen LogP contribution >= 0.6 is 0 Å². The highest BCUT2D eigenvalue weighted by Crippen LogP contribution is 2.35. The minimum Gasteiger partial charge on any atom is -0.487 e. The molecule has 1 aromatic rings. The lowest BCUT2D eigenvalue weighted by atomic mass is 10.1. The van der Waals surface area contributed by atoms with Crippen molar-refractivity contribution >= 4 is 11.4 Å². The highest BCUT2D eigenvalue weighted by molar-refractivity contribution is 5.68. The zero-order valence-electron chi connectivity index (χ0n) is 11.7. The van der Waals surface area contributed by atoms with Crippen molar-refractivity contribution in [1.29, 1.82) is 0 Å². The van der Waals surface area contributed by atoms with E-state index in [1.54, 1.807) is 18.2 Å². The number of nitrogens with one attached hydrogen (secondary N) is 2. The summed E-state index contributed by atoms with van der Waals surface area (Å²) in [4.78, 5) is 10.9. The lowest BCUT2D eigenvalue weighted by molar-refractivity contribution is -0.385. The van der Waals surface area contributed by atoms with Gasteiger partial charge in [0.15, 0.2) is 5.75 Å². The van der Waals surface area contributed by atoms with E-state index in [-0.39, 0.29) is 16.7 Å². The van der Waals surface area contributed by atoms with Crippen LogP contribution in [0.1, 0.15) is 26.2 Å². The molecule has 0 bridgehead atoms. The molecular formula is C14H21N3O3. The number of benzene rings is 1. The quantitative estimate of drug-likeness (QED) is 0.618. The largest absolute Gasteiger partial charge is 0.487 e. The summed E-state index contributed by atoms with van der Waals surface area (Å²) in [7, 11) is 0. The molecule has 0 saturated carbocycles. The number of anilines is 1. The minimum atomic E-state index is -0.371. The van der Waals surface area contributed by atoms with E-state index in [9.17, 15) is 10.1 Å². The van der Waals surface area contributed by atoms with Gasteiger partial charge in [0.2, 0.25) is 0 Å². The highest BCUT2D eigenvalue weighted by atomic mass is 16.6. The molecule has 1 heterocycles. The summed E-state index contributed by atoms with van der Waals surface area (Å²) < 4.78 is 5.48. The highest BCUT2D eigenvalue weighted by Gasteiger charge is 2.23. The van der Waals surface area contributed by atoms with Crippen LogP contribution in [0.5, 0.6) is 5.75 Å². The van der Waals surface area contributed by atoms with Crippen molar-refractivity contribution in [2.24, 2.45) is 0 Å². The maximum absolute atomic E-state index is 11.3. The summed E-state index contributed by atoms with van der Waals surface area (Å²) in [5.74, 6) is 0.339. The summed E-state index contributed by atoms with van der Waals surface area (Å²) in [6.07, 6.45) is 2.92. The molecule has 0 amide bonds. The second-order valence-corrected chi connectivity index (χ2v) is 4.95. The van der Waals surface area contributed by atoms with Crippen LogP contribution in [0, 0.1) is 10.1 Å². The molecule has 2 N–H and O–H groups in total. The molecule has 1 aromatic carbocycles. The Morgan fingerprint density at radius 1 is 1.55 bits per heavy atom. The topological polar surface area (TPSA) is 76.4 Å². The fourth-order valence-corrected chi connectivity index (χ4v) is 2.35. The van der Waals surface area contributed by atoms with E-state index in [2.05, 4.69) is 10.6 Å². The number of nitrogens with zero attached hydrogens (tertiary/aromatic N) is 1. The summed E-state index contributed by atoms with van der Waals surface area (Å²) in [5.41, 5.74) is 0.573. The van der Waals surface area contributed by atoms with Gasteiger partial charge >= 0.3 is 5.69 Å². The van der Waals surface area contributed by atoms with Crippen LogP contribution in [0.2, 0.25) is 0 Å². The molecule has 1 aliphatic rings. The maximum Gasteiger partial charge on any atom is 0.333 e. The van der Waals surface area contributed by atoms with Gasteiger partial charge in [0.1, 0.15) is 5.69 Å². The maximum atomic E-state index is 11.3. The zero-order chi connectivity index (χ0) is 14.4. The van der Waals surface area contributed by atoms with Crippen LogP contribution in [0.15, 0.2) is 18.2 Å². The minimum absolute atomic E-state index is 0.0338. The van der Waals surface area contributed by atoms with E-state index in [0.29, 0.717) is 18.0 Å². The second kappa shape index (κ2) is 7.09. The van der Waals surface area contributed by atoms with Gasteiger partial charge in [-0.25, -0.2) is 0 Å². The van der Waals surface area contributed by atoms with Crippen LogP contribution in [-0.4, -0.2) is 30.7 Å². The number of hydrogen-bond donors (Lipinski definition) is 2. The van der Waals surface area contributed by atoms with E-state index in [0.717, 1.165) is 32.4 Å². The molecule has 1 fully saturated rings. The van der Waals surface area contributed by atoms with Gasteiger partial charge in [0.05, 0.1) is 11.5 Å². The SMILES string of the molecule is CCCOc1cccc(NC2CCCNC2)c1[N+](=O)[O-]. The molecule has 20 heavy (non-hydrogen) atoms. The molecule has 110 valence electrons. The molecule has 6 nitrogen and oxygen atoms in total. The number of hydrogen-bond acceptors (Lipinski definition) is 5. The van der Waals surface area contributed by atoms with E-state index in [4.69, 9.17) is 4.74 Å². The Labute approximate surface area is 118 Å². The summed E-state index contributed by atoms with van der Waals surface area (Å²) in [6, 6.07) is 5.41. The van der Waals surface area contributed by atoms with E-state index in [1.807, 2.05) is 6.92 Å². The van der Waals surface area contributed by atoms with Crippen LogP contribution in [0.3, 0.4) is 0 Å². The Kier molecular flexibility index (Phi) is 5.17. The van der Waals surface area contributed by atoms with Gasteiger partial charge in [0.25, 0.3) is 0 Å².